The van der Waals surface area contributed by atoms with E-state index in [1.807, 2.05) is 6.92 Å². The summed E-state index contributed by atoms with van der Waals surface area (Å²) >= 11 is 0. The molecular weight excluding hydrogens is 174 g/mol. The maximum atomic E-state index is 4.41. The van der Waals surface area contributed by atoms with Gasteiger partial charge >= 0.3 is 0 Å². The highest BCUT2D eigenvalue weighted by molar-refractivity contribution is 5.45. The minimum atomic E-state index is 0.853. The molecule has 0 saturated heterocycles. The Bertz CT molecular complexity index is 308. The van der Waals surface area contributed by atoms with Crippen molar-refractivity contribution in [1.82, 2.24) is 9.97 Å². The zero-order valence-corrected chi connectivity index (χ0v) is 9.52. The van der Waals surface area contributed by atoms with Gasteiger partial charge in [0.15, 0.2) is 0 Å². The highest BCUT2D eigenvalue weighted by Crippen LogP contribution is 2.15. The number of nitrogens with one attached hydrogen (secondary N) is 1. The van der Waals surface area contributed by atoms with Crippen LogP contribution in [0, 0.1) is 13.8 Å². The molecule has 78 valence electrons. The molecule has 0 unspecified atom stereocenters. The molecule has 1 rings (SSSR count). The molecule has 0 aromatic carbocycles. The van der Waals surface area contributed by atoms with Crippen molar-refractivity contribution in [2.75, 3.05) is 11.9 Å². The monoisotopic (exact) mass is 193 g/mol. The van der Waals surface area contributed by atoms with Crippen molar-refractivity contribution in [2.24, 2.45) is 0 Å². The number of aryl methyl sites for hydroxylation is 2. The van der Waals surface area contributed by atoms with Crippen LogP contribution < -0.4 is 5.32 Å². The average molecular weight is 193 g/mol. The van der Waals surface area contributed by atoms with E-state index in [-0.39, 0.29) is 0 Å². The molecule has 0 saturated carbocycles. The SMILES string of the molecule is CCCNc1nc(C)nc(CC)c1C. The number of hydrogen-bond donors (Lipinski definition) is 1. The van der Waals surface area contributed by atoms with Crippen LogP contribution in [0.1, 0.15) is 37.4 Å². The van der Waals surface area contributed by atoms with Crippen molar-refractivity contribution in [3.05, 3.63) is 17.1 Å². The second-order valence-corrected chi connectivity index (χ2v) is 3.47. The maximum Gasteiger partial charge on any atom is 0.132 e. The fraction of sp³-hybridized carbons (Fsp3) is 0.636. The normalized spacial score (nSPS) is 10.3. The van der Waals surface area contributed by atoms with Gasteiger partial charge in [0.2, 0.25) is 0 Å². The van der Waals surface area contributed by atoms with Gasteiger partial charge in [0.05, 0.1) is 0 Å². The maximum absolute atomic E-state index is 4.41. The zero-order valence-electron chi connectivity index (χ0n) is 9.52. The third kappa shape index (κ3) is 2.44. The van der Waals surface area contributed by atoms with Gasteiger partial charge in [0.1, 0.15) is 11.6 Å². The van der Waals surface area contributed by atoms with E-state index >= 15 is 0 Å². The Morgan fingerprint density at radius 3 is 2.43 bits per heavy atom. The van der Waals surface area contributed by atoms with Crippen LogP contribution in [0.3, 0.4) is 0 Å². The van der Waals surface area contributed by atoms with E-state index < -0.39 is 0 Å². The van der Waals surface area contributed by atoms with Gasteiger partial charge in [0, 0.05) is 17.8 Å². The first-order chi connectivity index (χ1) is 6.69. The van der Waals surface area contributed by atoms with Crippen LogP contribution in [0.4, 0.5) is 5.82 Å². The molecule has 1 N–H and O–H groups in total. The number of rotatable bonds is 4. The third-order valence-electron chi connectivity index (χ3n) is 2.24. The lowest BCUT2D eigenvalue weighted by molar-refractivity contribution is 0.905. The number of hydrogen-bond acceptors (Lipinski definition) is 3. The van der Waals surface area contributed by atoms with E-state index in [0.29, 0.717) is 0 Å². The van der Waals surface area contributed by atoms with Gasteiger partial charge in [-0.2, -0.15) is 0 Å². The number of nitrogens with zero attached hydrogens (tertiary/aromatic N) is 2. The van der Waals surface area contributed by atoms with Crippen molar-refractivity contribution in [2.45, 2.75) is 40.5 Å². The summed E-state index contributed by atoms with van der Waals surface area (Å²) in [5, 5.41) is 3.33. The van der Waals surface area contributed by atoms with Crippen molar-refractivity contribution in [3.63, 3.8) is 0 Å². The van der Waals surface area contributed by atoms with Gasteiger partial charge in [0.25, 0.3) is 0 Å². The fourth-order valence-electron chi connectivity index (χ4n) is 1.45. The first-order valence-corrected chi connectivity index (χ1v) is 5.27. The summed E-state index contributed by atoms with van der Waals surface area (Å²) in [4.78, 5) is 8.81. The molecule has 0 radical (unpaired) electrons. The second-order valence-electron chi connectivity index (χ2n) is 3.47. The summed E-state index contributed by atoms with van der Waals surface area (Å²) in [6.45, 7) is 9.27. The van der Waals surface area contributed by atoms with E-state index in [9.17, 15) is 0 Å². The van der Waals surface area contributed by atoms with E-state index in [0.717, 1.165) is 36.7 Å². The molecule has 0 spiro atoms. The molecule has 0 aliphatic rings. The molecule has 0 fully saturated rings. The molecule has 1 heterocycles. The third-order valence-corrected chi connectivity index (χ3v) is 2.24. The van der Waals surface area contributed by atoms with Crippen LogP contribution >= 0.6 is 0 Å². The Labute approximate surface area is 86.0 Å². The van der Waals surface area contributed by atoms with Crippen LogP contribution in [0.25, 0.3) is 0 Å². The Morgan fingerprint density at radius 2 is 1.86 bits per heavy atom. The average Bonchev–Trinajstić information content (AvgIpc) is 2.18. The standard InChI is InChI=1S/C11H19N3/c1-5-7-12-11-8(3)10(6-2)13-9(4)14-11/h5-7H2,1-4H3,(H,12,13,14). The highest BCUT2D eigenvalue weighted by Gasteiger charge is 2.06. The molecule has 1 aromatic heterocycles. The summed E-state index contributed by atoms with van der Waals surface area (Å²) in [7, 11) is 0. The largest absolute Gasteiger partial charge is 0.370 e. The molecule has 1 aromatic rings. The molecule has 0 aliphatic carbocycles. The van der Waals surface area contributed by atoms with Gasteiger partial charge in [-0.3, -0.25) is 0 Å². The molecule has 3 heteroatoms. The topological polar surface area (TPSA) is 37.8 Å². The predicted octanol–water partition coefficient (Wildman–Crippen LogP) is 2.48. The fourth-order valence-corrected chi connectivity index (χ4v) is 1.45. The lowest BCUT2D eigenvalue weighted by atomic mass is 10.2. The smallest absolute Gasteiger partial charge is 0.132 e. The minimum absolute atomic E-state index is 0.853. The Hall–Kier alpha value is -1.12. The van der Waals surface area contributed by atoms with Gasteiger partial charge < -0.3 is 5.32 Å². The van der Waals surface area contributed by atoms with Crippen LogP contribution in [0.2, 0.25) is 0 Å². The number of aromatic nitrogens is 2. The summed E-state index contributed by atoms with van der Waals surface area (Å²) in [5.74, 6) is 1.85. The van der Waals surface area contributed by atoms with Crippen LogP contribution in [-0.2, 0) is 6.42 Å². The van der Waals surface area contributed by atoms with Crippen LogP contribution in [-0.4, -0.2) is 16.5 Å². The van der Waals surface area contributed by atoms with Gasteiger partial charge in [-0.1, -0.05) is 13.8 Å². The van der Waals surface area contributed by atoms with Crippen LogP contribution in [0.5, 0.6) is 0 Å². The minimum Gasteiger partial charge on any atom is -0.370 e. The van der Waals surface area contributed by atoms with Crippen molar-refractivity contribution in [1.29, 1.82) is 0 Å². The molecule has 0 bridgehead atoms. The lowest BCUT2D eigenvalue weighted by Gasteiger charge is -2.11. The highest BCUT2D eigenvalue weighted by atomic mass is 15.0. The molecular formula is C11H19N3. The van der Waals surface area contributed by atoms with Gasteiger partial charge in [-0.25, -0.2) is 9.97 Å². The van der Waals surface area contributed by atoms with Gasteiger partial charge in [-0.05, 0) is 26.7 Å². The quantitative estimate of drug-likeness (QED) is 0.798. The predicted molar refractivity (Wildman–Crippen MR) is 59.7 cm³/mol. The Balaban J connectivity index is 2.96. The summed E-state index contributed by atoms with van der Waals surface area (Å²) in [5.41, 5.74) is 2.34. The molecule has 0 amide bonds. The molecule has 3 nitrogen and oxygen atoms in total. The van der Waals surface area contributed by atoms with Crippen LogP contribution in [0.15, 0.2) is 0 Å². The Kier molecular flexibility index (Phi) is 3.86. The zero-order chi connectivity index (χ0) is 10.6. The second kappa shape index (κ2) is 4.94. The molecule has 0 aliphatic heterocycles. The van der Waals surface area contributed by atoms with E-state index in [4.69, 9.17) is 0 Å². The van der Waals surface area contributed by atoms with E-state index in [1.165, 1.54) is 5.56 Å². The molecule has 0 atom stereocenters. The summed E-state index contributed by atoms with van der Waals surface area (Å²) in [6, 6.07) is 0. The first-order valence-electron chi connectivity index (χ1n) is 5.27. The van der Waals surface area contributed by atoms with Crippen molar-refractivity contribution >= 4 is 5.82 Å². The van der Waals surface area contributed by atoms with E-state index in [2.05, 4.69) is 36.1 Å². The lowest BCUT2D eigenvalue weighted by Crippen LogP contribution is -2.08. The first kappa shape index (κ1) is 11.0. The van der Waals surface area contributed by atoms with Crippen molar-refractivity contribution in [3.8, 4) is 0 Å². The van der Waals surface area contributed by atoms with E-state index in [1.54, 1.807) is 0 Å². The van der Waals surface area contributed by atoms with Gasteiger partial charge in [-0.15, -0.1) is 0 Å². The van der Waals surface area contributed by atoms with Crippen molar-refractivity contribution < 1.29 is 0 Å². The number of anilines is 1. The summed E-state index contributed by atoms with van der Waals surface area (Å²) < 4.78 is 0. The molecule has 14 heavy (non-hydrogen) atoms. The Morgan fingerprint density at radius 1 is 1.14 bits per heavy atom. The summed E-state index contributed by atoms with van der Waals surface area (Å²) in [6.07, 6.45) is 2.08.